The van der Waals surface area contributed by atoms with E-state index in [1.807, 2.05) is 6.92 Å². The molecule has 110 valence electrons. The van der Waals surface area contributed by atoms with Crippen molar-refractivity contribution in [2.75, 3.05) is 0 Å². The van der Waals surface area contributed by atoms with E-state index in [4.69, 9.17) is 29.6 Å². The molecule has 4 nitrogen and oxygen atoms in total. The van der Waals surface area contributed by atoms with Crippen LogP contribution in [0, 0.1) is 0 Å². The second-order valence-electron chi connectivity index (χ2n) is 5.10. The summed E-state index contributed by atoms with van der Waals surface area (Å²) in [6.07, 6.45) is 3.55. The van der Waals surface area contributed by atoms with Crippen LogP contribution in [0.5, 0.6) is 0 Å². The average molecular weight is 333 g/mol. The Morgan fingerprint density at radius 3 is 2.55 bits per heavy atom. The van der Waals surface area contributed by atoms with Gasteiger partial charge in [0.05, 0.1) is 5.02 Å². The number of nitrogens with two attached hydrogens (primary N) is 1. The van der Waals surface area contributed by atoms with Crippen LogP contribution in [-0.4, -0.2) is 18.9 Å². The molecule has 7 heteroatoms. The largest absolute Gasteiger partial charge is 0.389 e. The monoisotopic (exact) mass is 332 g/mol. The number of nitrogens with one attached hydrogen (secondary N) is 1. The number of hydrogen-bond acceptors (Lipinski definition) is 3. The lowest BCUT2D eigenvalue weighted by molar-refractivity contribution is 0.214. The minimum atomic E-state index is -3.63. The number of halogens is 1. The van der Waals surface area contributed by atoms with Crippen LogP contribution in [0.4, 0.5) is 0 Å². The van der Waals surface area contributed by atoms with E-state index in [2.05, 4.69) is 4.72 Å². The molecule has 0 radical (unpaired) electrons. The zero-order valence-corrected chi connectivity index (χ0v) is 13.5. The Hall–Kier alpha value is -0.690. The van der Waals surface area contributed by atoms with Crippen molar-refractivity contribution >= 4 is 38.8 Å². The Kier molecular flexibility index (Phi) is 4.39. The van der Waals surface area contributed by atoms with Gasteiger partial charge in [-0.3, -0.25) is 0 Å². The summed E-state index contributed by atoms with van der Waals surface area (Å²) >= 11 is 10.9. The molecule has 20 heavy (non-hydrogen) atoms. The second-order valence-corrected chi connectivity index (χ2v) is 7.60. The molecule has 0 saturated heterocycles. The maximum absolute atomic E-state index is 12.4. The quantitative estimate of drug-likeness (QED) is 0.813. The van der Waals surface area contributed by atoms with Gasteiger partial charge < -0.3 is 5.73 Å². The first-order chi connectivity index (χ1) is 9.30. The molecule has 1 aliphatic carbocycles. The van der Waals surface area contributed by atoms with E-state index in [0.29, 0.717) is 5.56 Å². The summed E-state index contributed by atoms with van der Waals surface area (Å²) in [7, 11) is -3.63. The van der Waals surface area contributed by atoms with Gasteiger partial charge in [-0.15, -0.1) is 0 Å². The lowest BCUT2D eigenvalue weighted by Crippen LogP contribution is -2.52. The van der Waals surface area contributed by atoms with E-state index >= 15 is 0 Å². The van der Waals surface area contributed by atoms with E-state index in [0.717, 1.165) is 25.7 Å². The van der Waals surface area contributed by atoms with Crippen LogP contribution in [0.15, 0.2) is 23.1 Å². The third-order valence-corrected chi connectivity index (χ3v) is 6.14. The number of rotatable bonds is 5. The lowest BCUT2D eigenvalue weighted by Gasteiger charge is -2.41. The first-order valence-electron chi connectivity index (χ1n) is 6.43. The number of benzene rings is 1. The summed E-state index contributed by atoms with van der Waals surface area (Å²) in [5.41, 5.74) is 5.74. The van der Waals surface area contributed by atoms with Crippen LogP contribution in [0.25, 0.3) is 0 Å². The molecule has 1 aliphatic rings. The summed E-state index contributed by atoms with van der Waals surface area (Å²) in [6.45, 7) is 1.99. The van der Waals surface area contributed by atoms with Crippen LogP contribution in [0.1, 0.15) is 38.2 Å². The van der Waals surface area contributed by atoms with Gasteiger partial charge in [0.25, 0.3) is 0 Å². The predicted molar refractivity (Wildman–Crippen MR) is 84.5 cm³/mol. The fourth-order valence-corrected chi connectivity index (χ4v) is 4.55. The molecule has 0 amide bonds. The zero-order valence-electron chi connectivity index (χ0n) is 11.1. The summed E-state index contributed by atoms with van der Waals surface area (Å²) < 4.78 is 27.7. The molecular formula is C13H17ClN2O2S2. The molecule has 0 aromatic heterocycles. The van der Waals surface area contributed by atoms with E-state index in [9.17, 15) is 8.42 Å². The first-order valence-corrected chi connectivity index (χ1v) is 8.70. The molecule has 3 N–H and O–H groups in total. The number of sulfonamides is 1. The maximum Gasteiger partial charge on any atom is 0.242 e. The van der Waals surface area contributed by atoms with E-state index in [1.165, 1.54) is 12.1 Å². The van der Waals surface area contributed by atoms with E-state index < -0.39 is 10.0 Å². The van der Waals surface area contributed by atoms with Crippen molar-refractivity contribution in [3.05, 3.63) is 28.8 Å². The standard InChI is InChI=1S/C13H17ClN2O2S2/c1-2-13(6-3-7-13)16-20(17,18)11-5-4-9(12(15)19)8-10(11)14/h4-5,8,16H,2-3,6-7H2,1H3,(H2,15,19). The second kappa shape index (κ2) is 5.60. The van der Waals surface area contributed by atoms with Gasteiger partial charge in [-0.05, 0) is 37.8 Å². The third-order valence-electron chi connectivity index (χ3n) is 3.84. The molecule has 1 aromatic rings. The Morgan fingerprint density at radius 2 is 2.15 bits per heavy atom. The Morgan fingerprint density at radius 1 is 1.50 bits per heavy atom. The van der Waals surface area contributed by atoms with Gasteiger partial charge in [0, 0.05) is 11.1 Å². The molecule has 0 heterocycles. The predicted octanol–water partition coefficient (Wildman–Crippen LogP) is 2.59. The van der Waals surface area contributed by atoms with E-state index in [-0.39, 0.29) is 20.4 Å². The van der Waals surface area contributed by atoms with Gasteiger partial charge >= 0.3 is 0 Å². The molecule has 0 aliphatic heterocycles. The van der Waals surface area contributed by atoms with Crippen molar-refractivity contribution in [3.63, 3.8) is 0 Å². The molecular weight excluding hydrogens is 316 g/mol. The van der Waals surface area contributed by atoms with Gasteiger partial charge in [-0.2, -0.15) is 0 Å². The maximum atomic E-state index is 12.4. The fourth-order valence-electron chi connectivity index (χ4n) is 2.34. The Balaban J connectivity index is 2.32. The normalized spacial score (nSPS) is 17.5. The van der Waals surface area contributed by atoms with Crippen molar-refractivity contribution in [1.29, 1.82) is 0 Å². The van der Waals surface area contributed by atoms with E-state index in [1.54, 1.807) is 6.07 Å². The highest BCUT2D eigenvalue weighted by atomic mass is 35.5. The average Bonchev–Trinajstić information content (AvgIpc) is 2.33. The topological polar surface area (TPSA) is 72.2 Å². The SMILES string of the molecule is CCC1(NS(=O)(=O)c2ccc(C(N)=S)cc2Cl)CCC1. The number of hydrogen-bond donors (Lipinski definition) is 2. The summed E-state index contributed by atoms with van der Waals surface area (Å²) in [6, 6.07) is 4.50. The summed E-state index contributed by atoms with van der Waals surface area (Å²) in [5.74, 6) is 0. The van der Waals surface area contributed by atoms with Crippen LogP contribution in [0.3, 0.4) is 0 Å². The minimum Gasteiger partial charge on any atom is -0.389 e. The molecule has 0 unspecified atom stereocenters. The van der Waals surface area contributed by atoms with Crippen molar-refractivity contribution in [3.8, 4) is 0 Å². The van der Waals surface area contributed by atoms with Crippen LogP contribution in [0.2, 0.25) is 5.02 Å². The van der Waals surface area contributed by atoms with Crippen molar-refractivity contribution in [1.82, 2.24) is 4.72 Å². The van der Waals surface area contributed by atoms with Crippen molar-refractivity contribution < 1.29 is 8.42 Å². The molecule has 0 atom stereocenters. The Bertz CT molecular complexity index is 634. The first kappa shape index (κ1) is 15.7. The van der Waals surface area contributed by atoms with Gasteiger partial charge in [-0.1, -0.05) is 36.8 Å². The molecule has 0 spiro atoms. The van der Waals surface area contributed by atoms with Gasteiger partial charge in [-0.25, -0.2) is 13.1 Å². The highest BCUT2D eigenvalue weighted by Gasteiger charge is 2.39. The number of thiocarbonyl (C=S) groups is 1. The summed E-state index contributed by atoms with van der Waals surface area (Å²) in [5, 5.41) is 0.133. The van der Waals surface area contributed by atoms with Crippen molar-refractivity contribution in [2.24, 2.45) is 5.73 Å². The molecule has 1 aromatic carbocycles. The van der Waals surface area contributed by atoms with Crippen LogP contribution < -0.4 is 10.5 Å². The molecule has 2 rings (SSSR count). The fraction of sp³-hybridized carbons (Fsp3) is 0.462. The van der Waals surface area contributed by atoms with Crippen LogP contribution in [-0.2, 0) is 10.0 Å². The summed E-state index contributed by atoms with van der Waals surface area (Å²) in [4.78, 5) is 0.256. The Labute approximate surface area is 129 Å². The molecule has 1 saturated carbocycles. The third kappa shape index (κ3) is 2.98. The lowest BCUT2D eigenvalue weighted by atomic mass is 9.76. The van der Waals surface area contributed by atoms with Gasteiger partial charge in [0.1, 0.15) is 9.88 Å². The highest BCUT2D eigenvalue weighted by molar-refractivity contribution is 7.89. The van der Waals surface area contributed by atoms with Crippen molar-refractivity contribution in [2.45, 2.75) is 43.0 Å². The van der Waals surface area contributed by atoms with Crippen LogP contribution >= 0.6 is 23.8 Å². The van der Waals surface area contributed by atoms with Gasteiger partial charge in [0.15, 0.2) is 0 Å². The molecule has 1 fully saturated rings. The highest BCUT2D eigenvalue weighted by Crippen LogP contribution is 2.36. The smallest absolute Gasteiger partial charge is 0.242 e. The van der Waals surface area contributed by atoms with Gasteiger partial charge in [0.2, 0.25) is 10.0 Å². The molecule has 0 bridgehead atoms. The zero-order chi connectivity index (χ0) is 15.0. The minimum absolute atomic E-state index is 0.0684.